The summed E-state index contributed by atoms with van der Waals surface area (Å²) in [4.78, 5) is 21.3. The molecule has 40 heavy (non-hydrogen) atoms. The van der Waals surface area contributed by atoms with Gasteiger partial charge < -0.3 is 23.5 Å². The van der Waals surface area contributed by atoms with Crippen molar-refractivity contribution in [2.45, 2.75) is 25.8 Å². The Labute approximate surface area is 234 Å². The van der Waals surface area contributed by atoms with E-state index in [1.54, 1.807) is 55.2 Å². The Balaban J connectivity index is 1.30. The van der Waals surface area contributed by atoms with Gasteiger partial charge in [-0.25, -0.2) is 14.5 Å². The zero-order valence-corrected chi connectivity index (χ0v) is 22.8. The third kappa shape index (κ3) is 4.63. The van der Waals surface area contributed by atoms with Gasteiger partial charge in [0, 0.05) is 32.3 Å². The Bertz CT molecular complexity index is 1720. The maximum Gasteiger partial charge on any atom is 0.337 e. The number of pyridine rings is 1. The summed E-state index contributed by atoms with van der Waals surface area (Å²) in [6.45, 7) is 3.17. The van der Waals surface area contributed by atoms with Gasteiger partial charge in [-0.05, 0) is 42.5 Å². The van der Waals surface area contributed by atoms with Crippen LogP contribution in [-0.4, -0.2) is 56.3 Å². The van der Waals surface area contributed by atoms with Crippen molar-refractivity contribution >= 4 is 28.6 Å². The minimum absolute atomic E-state index is 0.345. The van der Waals surface area contributed by atoms with Gasteiger partial charge in [-0.1, -0.05) is 22.9 Å². The number of esters is 1. The molecule has 204 valence electrons. The largest absolute Gasteiger partial charge is 0.465 e. The molecule has 11 nitrogen and oxygen atoms in total. The Morgan fingerprint density at radius 3 is 2.77 bits per heavy atom. The second kappa shape index (κ2) is 10.2. The SMILES string of the molecule is COCCn1c(Cn2cc(-c3cccc4c3OC(C)(c3ccc(Cl)cn3)O4)nn2)nc2ccc(C(=O)OC)cc21. The summed E-state index contributed by atoms with van der Waals surface area (Å²) < 4.78 is 26.4. The van der Waals surface area contributed by atoms with Crippen molar-refractivity contribution < 1.29 is 23.7 Å². The lowest BCUT2D eigenvalue weighted by atomic mass is 10.1. The molecule has 0 saturated carbocycles. The van der Waals surface area contributed by atoms with Crippen molar-refractivity contribution in [3.05, 3.63) is 83.0 Å². The zero-order valence-electron chi connectivity index (χ0n) is 22.0. The molecule has 5 aromatic rings. The first-order chi connectivity index (χ1) is 19.4. The highest BCUT2D eigenvalue weighted by atomic mass is 35.5. The van der Waals surface area contributed by atoms with E-state index < -0.39 is 11.8 Å². The molecular formula is C28H25ClN6O5. The van der Waals surface area contributed by atoms with Gasteiger partial charge in [0.1, 0.15) is 23.8 Å². The summed E-state index contributed by atoms with van der Waals surface area (Å²) in [6.07, 6.45) is 3.38. The maximum atomic E-state index is 12.1. The first kappa shape index (κ1) is 25.8. The van der Waals surface area contributed by atoms with Gasteiger partial charge in [-0.2, -0.15) is 0 Å². The topological polar surface area (TPSA) is 115 Å². The van der Waals surface area contributed by atoms with Crippen molar-refractivity contribution in [1.82, 2.24) is 29.5 Å². The maximum absolute atomic E-state index is 12.1. The van der Waals surface area contributed by atoms with E-state index in [1.807, 2.05) is 29.0 Å². The number of carbonyl (C=O) groups is 1. The van der Waals surface area contributed by atoms with E-state index in [0.717, 1.165) is 22.4 Å². The van der Waals surface area contributed by atoms with Crippen LogP contribution < -0.4 is 9.47 Å². The number of aromatic nitrogens is 6. The predicted octanol–water partition coefficient (Wildman–Crippen LogP) is 4.47. The van der Waals surface area contributed by atoms with Crippen molar-refractivity contribution in [1.29, 1.82) is 0 Å². The molecular weight excluding hydrogens is 536 g/mol. The van der Waals surface area contributed by atoms with Gasteiger partial charge in [0.2, 0.25) is 0 Å². The van der Waals surface area contributed by atoms with Crippen LogP contribution >= 0.6 is 11.6 Å². The number of halogens is 1. The molecule has 1 unspecified atom stereocenters. The number of hydrogen-bond acceptors (Lipinski definition) is 9. The molecule has 1 aliphatic heterocycles. The van der Waals surface area contributed by atoms with Crippen molar-refractivity contribution in [3.8, 4) is 22.8 Å². The minimum atomic E-state index is -1.12. The molecule has 4 heterocycles. The lowest BCUT2D eigenvalue weighted by Crippen LogP contribution is -2.32. The van der Waals surface area contributed by atoms with E-state index in [0.29, 0.717) is 53.2 Å². The number of methoxy groups -OCH3 is 2. The van der Waals surface area contributed by atoms with E-state index >= 15 is 0 Å². The number of carbonyl (C=O) groups excluding carboxylic acids is 1. The Morgan fingerprint density at radius 1 is 1.12 bits per heavy atom. The Morgan fingerprint density at radius 2 is 2.00 bits per heavy atom. The number of ether oxygens (including phenoxy) is 4. The molecule has 1 aliphatic rings. The molecule has 0 amide bonds. The average molecular weight is 561 g/mol. The first-order valence-electron chi connectivity index (χ1n) is 12.5. The lowest BCUT2D eigenvalue weighted by molar-refractivity contribution is -0.0715. The summed E-state index contributed by atoms with van der Waals surface area (Å²) in [6, 6.07) is 14.4. The molecule has 12 heteroatoms. The molecule has 0 bridgehead atoms. The number of nitrogens with zero attached hydrogens (tertiary/aromatic N) is 6. The van der Waals surface area contributed by atoms with Crippen LogP contribution in [0.1, 0.15) is 28.8 Å². The molecule has 0 radical (unpaired) electrons. The highest BCUT2D eigenvalue weighted by Crippen LogP contribution is 2.48. The standard InChI is InChI=1S/C28H25ClN6O5/c1-28(24-10-8-18(29)14-30-24)39-23-6-4-5-19(26(23)40-28)21-15-34(33-32-21)16-25-31-20-9-7-17(27(36)38-3)13-22(20)35(25)11-12-37-2/h4-10,13-15H,11-12,16H2,1-3H3. The monoisotopic (exact) mass is 560 g/mol. The summed E-state index contributed by atoms with van der Waals surface area (Å²) in [5.41, 5.74) is 3.94. The molecule has 3 aromatic heterocycles. The second-order valence-corrected chi connectivity index (χ2v) is 9.75. The van der Waals surface area contributed by atoms with Crippen molar-refractivity contribution in [2.24, 2.45) is 0 Å². The molecule has 0 spiro atoms. The second-order valence-electron chi connectivity index (χ2n) is 9.31. The molecule has 0 N–H and O–H groups in total. The third-order valence-corrected chi connectivity index (χ3v) is 6.88. The summed E-state index contributed by atoms with van der Waals surface area (Å²) in [7, 11) is 3.00. The molecule has 0 fully saturated rings. The fourth-order valence-corrected chi connectivity index (χ4v) is 4.80. The number of para-hydroxylation sites is 1. The van der Waals surface area contributed by atoms with Crippen LogP contribution in [0.15, 0.2) is 60.9 Å². The van der Waals surface area contributed by atoms with Gasteiger partial charge in [0.05, 0.1) is 41.5 Å². The van der Waals surface area contributed by atoms with Gasteiger partial charge >= 0.3 is 5.97 Å². The van der Waals surface area contributed by atoms with E-state index in [2.05, 4.69) is 15.3 Å². The van der Waals surface area contributed by atoms with Crippen LogP contribution in [0.25, 0.3) is 22.3 Å². The number of fused-ring (bicyclic) bond motifs is 2. The van der Waals surface area contributed by atoms with Crippen LogP contribution in [0.4, 0.5) is 0 Å². The van der Waals surface area contributed by atoms with E-state index in [9.17, 15) is 4.79 Å². The average Bonchev–Trinajstić information content (AvgIpc) is 3.66. The Hall–Kier alpha value is -4.48. The van der Waals surface area contributed by atoms with E-state index in [-0.39, 0.29) is 0 Å². The molecule has 6 rings (SSSR count). The summed E-state index contributed by atoms with van der Waals surface area (Å²) >= 11 is 6.01. The smallest absolute Gasteiger partial charge is 0.337 e. The summed E-state index contributed by atoms with van der Waals surface area (Å²) in [5, 5.41) is 9.29. The third-order valence-electron chi connectivity index (χ3n) is 6.66. The highest BCUT2D eigenvalue weighted by Gasteiger charge is 2.41. The van der Waals surface area contributed by atoms with Gasteiger partial charge in [0.15, 0.2) is 11.5 Å². The molecule has 0 saturated heterocycles. The normalized spacial score (nSPS) is 16.0. The van der Waals surface area contributed by atoms with E-state index in [4.69, 9.17) is 35.5 Å². The summed E-state index contributed by atoms with van der Waals surface area (Å²) in [5.74, 6) is 0.345. The van der Waals surface area contributed by atoms with Gasteiger partial charge in [0.25, 0.3) is 5.79 Å². The lowest BCUT2D eigenvalue weighted by Gasteiger charge is -2.22. The van der Waals surface area contributed by atoms with Crippen LogP contribution in [0.5, 0.6) is 11.5 Å². The predicted molar refractivity (Wildman–Crippen MR) is 145 cm³/mol. The number of imidazole rings is 1. The molecule has 0 aliphatic carbocycles. The Kier molecular flexibility index (Phi) is 6.60. The fraction of sp³-hybridized carbons (Fsp3) is 0.250. The van der Waals surface area contributed by atoms with Crippen LogP contribution in [0.3, 0.4) is 0 Å². The molecule has 2 aromatic carbocycles. The molecule has 1 atom stereocenters. The fourth-order valence-electron chi connectivity index (χ4n) is 4.69. The first-order valence-corrected chi connectivity index (χ1v) is 12.9. The van der Waals surface area contributed by atoms with Crippen LogP contribution in [0, 0.1) is 0 Å². The van der Waals surface area contributed by atoms with Crippen molar-refractivity contribution in [2.75, 3.05) is 20.8 Å². The van der Waals surface area contributed by atoms with Crippen LogP contribution in [-0.2, 0) is 28.4 Å². The zero-order chi connectivity index (χ0) is 27.9. The van der Waals surface area contributed by atoms with E-state index in [1.165, 1.54) is 7.11 Å². The number of rotatable bonds is 8. The highest BCUT2D eigenvalue weighted by molar-refractivity contribution is 6.30. The minimum Gasteiger partial charge on any atom is -0.465 e. The number of hydrogen-bond donors (Lipinski definition) is 0. The number of benzene rings is 2. The van der Waals surface area contributed by atoms with Gasteiger partial charge in [-0.15, -0.1) is 5.10 Å². The van der Waals surface area contributed by atoms with Gasteiger partial charge in [-0.3, -0.25) is 4.98 Å². The van der Waals surface area contributed by atoms with Crippen molar-refractivity contribution in [3.63, 3.8) is 0 Å². The van der Waals surface area contributed by atoms with Crippen LogP contribution in [0.2, 0.25) is 5.02 Å². The quantitative estimate of drug-likeness (QED) is 0.253.